The normalized spacial score (nSPS) is 12.1. The highest BCUT2D eigenvalue weighted by Crippen LogP contribution is 2.25. The molecule has 0 aliphatic carbocycles. The van der Waals surface area contributed by atoms with E-state index in [2.05, 4.69) is 5.32 Å². The molecule has 0 saturated carbocycles. The second-order valence-corrected chi connectivity index (χ2v) is 7.67. The molecular formula is C22H23FN2O2S. The summed E-state index contributed by atoms with van der Waals surface area (Å²) in [5.41, 5.74) is 1.66. The molecule has 1 N–H and O–H groups in total. The van der Waals surface area contributed by atoms with Crippen molar-refractivity contribution in [3.63, 3.8) is 0 Å². The van der Waals surface area contributed by atoms with Crippen LogP contribution < -0.4 is 5.32 Å². The lowest BCUT2D eigenvalue weighted by Crippen LogP contribution is -2.34. The van der Waals surface area contributed by atoms with Gasteiger partial charge in [-0.3, -0.25) is 4.79 Å². The third kappa shape index (κ3) is 5.24. The van der Waals surface area contributed by atoms with Crippen LogP contribution in [0.5, 0.6) is 0 Å². The van der Waals surface area contributed by atoms with Crippen molar-refractivity contribution in [1.29, 1.82) is 0 Å². The maximum Gasteiger partial charge on any atom is 0.287 e. The van der Waals surface area contributed by atoms with E-state index >= 15 is 0 Å². The number of carbonyl (C=O) groups excluding carboxylic acids is 1. The van der Waals surface area contributed by atoms with Crippen molar-refractivity contribution in [3.05, 3.63) is 89.6 Å². The largest absolute Gasteiger partial charge is 0.459 e. The standard InChI is InChI=1S/C22H23FN2O2S/c1-25(2)20(16-7-6-8-18(23)13-16)14-24-22(26)21-17(11-12-27-21)15-28-19-9-4-3-5-10-19/h3-13,20H,14-15H2,1-2H3,(H,24,26). The van der Waals surface area contributed by atoms with Gasteiger partial charge in [-0.25, -0.2) is 4.39 Å². The van der Waals surface area contributed by atoms with Crippen LogP contribution >= 0.6 is 11.8 Å². The van der Waals surface area contributed by atoms with E-state index in [1.807, 2.05) is 61.5 Å². The number of amides is 1. The highest BCUT2D eigenvalue weighted by atomic mass is 32.2. The molecule has 6 heteroatoms. The molecule has 1 atom stereocenters. The molecule has 0 aliphatic rings. The molecule has 0 spiro atoms. The summed E-state index contributed by atoms with van der Waals surface area (Å²) in [5, 5.41) is 2.92. The van der Waals surface area contributed by atoms with E-state index in [9.17, 15) is 9.18 Å². The van der Waals surface area contributed by atoms with Crippen molar-refractivity contribution in [1.82, 2.24) is 10.2 Å². The molecule has 3 aromatic rings. The molecule has 4 nitrogen and oxygen atoms in total. The SMILES string of the molecule is CN(C)C(CNC(=O)c1occc1CSc1ccccc1)c1cccc(F)c1. The van der Waals surface area contributed by atoms with Gasteiger partial charge >= 0.3 is 0 Å². The molecule has 1 heterocycles. The van der Waals surface area contributed by atoms with E-state index in [1.54, 1.807) is 17.8 Å². The quantitative estimate of drug-likeness (QED) is 0.557. The van der Waals surface area contributed by atoms with Gasteiger partial charge in [0.1, 0.15) is 5.82 Å². The Kier molecular flexibility index (Phi) is 6.90. The number of carbonyl (C=O) groups is 1. The van der Waals surface area contributed by atoms with Crippen LogP contribution in [-0.2, 0) is 5.75 Å². The monoisotopic (exact) mass is 398 g/mol. The van der Waals surface area contributed by atoms with Gasteiger partial charge in [0, 0.05) is 22.8 Å². The number of furan rings is 1. The lowest BCUT2D eigenvalue weighted by molar-refractivity contribution is 0.0913. The first-order valence-corrected chi connectivity index (χ1v) is 9.97. The van der Waals surface area contributed by atoms with E-state index < -0.39 is 0 Å². The van der Waals surface area contributed by atoms with Crippen LogP contribution in [0.15, 0.2) is 76.2 Å². The van der Waals surface area contributed by atoms with Crippen LogP contribution in [0.4, 0.5) is 4.39 Å². The predicted octanol–water partition coefficient (Wildman–Crippen LogP) is 4.74. The molecule has 3 rings (SSSR count). The Morgan fingerprint density at radius 2 is 1.93 bits per heavy atom. The van der Waals surface area contributed by atoms with E-state index in [0.717, 1.165) is 16.0 Å². The van der Waals surface area contributed by atoms with Gasteiger partial charge < -0.3 is 14.6 Å². The molecule has 28 heavy (non-hydrogen) atoms. The first-order valence-electron chi connectivity index (χ1n) is 8.99. The Morgan fingerprint density at radius 1 is 1.14 bits per heavy atom. The summed E-state index contributed by atoms with van der Waals surface area (Å²) in [4.78, 5) is 15.7. The van der Waals surface area contributed by atoms with Crippen LogP contribution in [0, 0.1) is 5.82 Å². The van der Waals surface area contributed by atoms with Gasteiger partial charge in [0.2, 0.25) is 0 Å². The number of benzene rings is 2. The first-order chi connectivity index (χ1) is 13.5. The Bertz CT molecular complexity index is 912. The van der Waals surface area contributed by atoms with Crippen LogP contribution in [0.2, 0.25) is 0 Å². The summed E-state index contributed by atoms with van der Waals surface area (Å²) in [6.07, 6.45) is 1.53. The molecule has 0 bridgehead atoms. The molecular weight excluding hydrogens is 375 g/mol. The predicted molar refractivity (Wildman–Crippen MR) is 110 cm³/mol. The second kappa shape index (κ2) is 9.57. The molecule has 1 aromatic heterocycles. The van der Waals surface area contributed by atoms with E-state index in [1.165, 1.54) is 18.4 Å². The molecule has 2 aromatic carbocycles. The zero-order valence-corrected chi connectivity index (χ0v) is 16.7. The minimum absolute atomic E-state index is 0.142. The number of nitrogens with one attached hydrogen (secondary N) is 1. The van der Waals surface area contributed by atoms with E-state index in [0.29, 0.717) is 18.1 Å². The highest BCUT2D eigenvalue weighted by Gasteiger charge is 2.20. The molecule has 146 valence electrons. The fourth-order valence-corrected chi connectivity index (χ4v) is 3.81. The van der Waals surface area contributed by atoms with E-state index in [-0.39, 0.29) is 17.8 Å². The zero-order valence-electron chi connectivity index (χ0n) is 15.9. The number of thioether (sulfide) groups is 1. The first kappa shape index (κ1) is 20.2. The number of rotatable bonds is 8. The van der Waals surface area contributed by atoms with Gasteiger partial charge in [-0.2, -0.15) is 0 Å². The summed E-state index contributed by atoms with van der Waals surface area (Å²) in [7, 11) is 3.80. The Balaban J connectivity index is 1.63. The lowest BCUT2D eigenvalue weighted by atomic mass is 10.1. The average molecular weight is 399 g/mol. The Morgan fingerprint density at radius 3 is 2.64 bits per heavy atom. The van der Waals surface area contributed by atoms with Gasteiger partial charge in [-0.15, -0.1) is 11.8 Å². The van der Waals surface area contributed by atoms with Gasteiger partial charge in [0.05, 0.1) is 12.3 Å². The topological polar surface area (TPSA) is 45.5 Å². The number of hydrogen-bond donors (Lipinski definition) is 1. The number of nitrogens with zero attached hydrogens (tertiary/aromatic N) is 1. The molecule has 1 unspecified atom stereocenters. The second-order valence-electron chi connectivity index (χ2n) is 6.62. The van der Waals surface area contributed by atoms with Crippen molar-refractivity contribution in [2.24, 2.45) is 0 Å². The molecule has 0 fully saturated rings. The van der Waals surface area contributed by atoms with Crippen LogP contribution in [0.1, 0.15) is 27.7 Å². The van der Waals surface area contributed by atoms with E-state index in [4.69, 9.17) is 4.42 Å². The zero-order chi connectivity index (χ0) is 19.9. The molecule has 1 amide bonds. The summed E-state index contributed by atoms with van der Waals surface area (Å²) in [6, 6.07) is 18.1. The van der Waals surface area contributed by atoms with Crippen LogP contribution in [0.25, 0.3) is 0 Å². The minimum Gasteiger partial charge on any atom is -0.459 e. The van der Waals surface area contributed by atoms with Gasteiger partial charge in [-0.1, -0.05) is 30.3 Å². The van der Waals surface area contributed by atoms with Gasteiger partial charge in [0.15, 0.2) is 5.76 Å². The van der Waals surface area contributed by atoms with Crippen molar-refractivity contribution >= 4 is 17.7 Å². The summed E-state index contributed by atoms with van der Waals surface area (Å²) < 4.78 is 19.0. The van der Waals surface area contributed by atoms with Gasteiger partial charge in [-0.05, 0) is 50.0 Å². The van der Waals surface area contributed by atoms with Crippen molar-refractivity contribution in [3.8, 4) is 0 Å². The summed E-state index contributed by atoms with van der Waals surface area (Å²) >= 11 is 1.65. The third-order valence-electron chi connectivity index (χ3n) is 4.40. The minimum atomic E-state index is -0.290. The highest BCUT2D eigenvalue weighted by molar-refractivity contribution is 7.98. The average Bonchev–Trinajstić information content (AvgIpc) is 3.16. The number of halogens is 1. The summed E-state index contributed by atoms with van der Waals surface area (Å²) in [6.45, 7) is 0.348. The Hall–Kier alpha value is -2.57. The molecule has 0 saturated heterocycles. The summed E-state index contributed by atoms with van der Waals surface area (Å²) in [5.74, 6) is 0.406. The maximum absolute atomic E-state index is 13.6. The van der Waals surface area contributed by atoms with Crippen molar-refractivity contribution in [2.75, 3.05) is 20.6 Å². The van der Waals surface area contributed by atoms with Gasteiger partial charge in [0.25, 0.3) is 5.91 Å². The molecule has 0 radical (unpaired) electrons. The van der Waals surface area contributed by atoms with Crippen molar-refractivity contribution in [2.45, 2.75) is 16.7 Å². The third-order valence-corrected chi connectivity index (χ3v) is 5.46. The van der Waals surface area contributed by atoms with Crippen molar-refractivity contribution < 1.29 is 13.6 Å². The maximum atomic E-state index is 13.6. The Labute approximate surface area is 168 Å². The van der Waals surface area contributed by atoms with Crippen LogP contribution in [0.3, 0.4) is 0 Å². The van der Waals surface area contributed by atoms with Crippen LogP contribution in [-0.4, -0.2) is 31.4 Å². The molecule has 0 aliphatic heterocycles. The fourth-order valence-electron chi connectivity index (χ4n) is 2.91. The number of hydrogen-bond acceptors (Lipinski definition) is 4. The number of likely N-dealkylation sites (N-methyl/N-ethyl adjacent to an activating group) is 1. The fraction of sp³-hybridized carbons (Fsp3) is 0.227. The smallest absolute Gasteiger partial charge is 0.287 e. The lowest BCUT2D eigenvalue weighted by Gasteiger charge is -2.25.